The van der Waals surface area contributed by atoms with Gasteiger partial charge in [0.2, 0.25) is 0 Å². The van der Waals surface area contributed by atoms with Crippen LogP contribution in [0.4, 0.5) is 0 Å². The van der Waals surface area contributed by atoms with Gasteiger partial charge in [0, 0.05) is 12.4 Å². The number of halogens is 1. The fourth-order valence-electron chi connectivity index (χ4n) is 1.02. The Morgan fingerprint density at radius 1 is 1.50 bits per heavy atom. The molecule has 0 saturated carbocycles. The van der Waals surface area contributed by atoms with E-state index in [4.69, 9.17) is 11.6 Å². The van der Waals surface area contributed by atoms with E-state index in [-0.39, 0.29) is 0 Å². The van der Waals surface area contributed by atoms with Gasteiger partial charge in [-0.3, -0.25) is 4.40 Å². The molecule has 0 aliphatic rings. The normalized spacial score (nSPS) is 10.8. The third kappa shape index (κ3) is 1.07. The molecule has 0 radical (unpaired) electrons. The molecular formula is C7H6ClN3S. The Morgan fingerprint density at radius 2 is 2.33 bits per heavy atom. The minimum absolute atomic E-state index is 0.581. The van der Waals surface area contributed by atoms with Gasteiger partial charge in [0.25, 0.3) is 0 Å². The van der Waals surface area contributed by atoms with Gasteiger partial charge in [-0.25, -0.2) is 9.97 Å². The summed E-state index contributed by atoms with van der Waals surface area (Å²) in [6, 6.07) is 0. The standard InChI is InChI=1S/C7H6ClN3S/c1-12-7-10-4-5(8)6-9-2-3-11(6)7/h2-4H,1H3. The van der Waals surface area contributed by atoms with Gasteiger partial charge in [-0.2, -0.15) is 0 Å². The van der Waals surface area contributed by atoms with Gasteiger partial charge < -0.3 is 0 Å². The molecule has 62 valence electrons. The third-order valence-corrected chi connectivity index (χ3v) is 2.47. The first kappa shape index (κ1) is 7.89. The van der Waals surface area contributed by atoms with Gasteiger partial charge in [0.05, 0.1) is 6.20 Å². The smallest absolute Gasteiger partial charge is 0.173 e. The van der Waals surface area contributed by atoms with E-state index in [1.165, 1.54) is 0 Å². The average molecular weight is 200 g/mol. The lowest BCUT2D eigenvalue weighted by Crippen LogP contribution is -1.92. The van der Waals surface area contributed by atoms with Gasteiger partial charge in [-0.1, -0.05) is 23.4 Å². The van der Waals surface area contributed by atoms with E-state index in [0.717, 1.165) is 10.8 Å². The highest BCUT2D eigenvalue weighted by Crippen LogP contribution is 2.19. The molecule has 0 saturated heterocycles. The molecule has 0 spiro atoms. The summed E-state index contributed by atoms with van der Waals surface area (Å²) in [7, 11) is 0. The minimum atomic E-state index is 0.581. The molecule has 2 heterocycles. The van der Waals surface area contributed by atoms with E-state index in [1.807, 2.05) is 16.9 Å². The van der Waals surface area contributed by atoms with Crippen LogP contribution in [0.15, 0.2) is 23.7 Å². The van der Waals surface area contributed by atoms with Crippen molar-refractivity contribution in [3.8, 4) is 0 Å². The molecule has 12 heavy (non-hydrogen) atoms. The van der Waals surface area contributed by atoms with Crippen molar-refractivity contribution in [3.63, 3.8) is 0 Å². The van der Waals surface area contributed by atoms with Gasteiger partial charge in [0.1, 0.15) is 5.02 Å². The van der Waals surface area contributed by atoms with Crippen molar-refractivity contribution in [2.75, 3.05) is 6.26 Å². The first-order valence-electron chi connectivity index (χ1n) is 3.34. The van der Waals surface area contributed by atoms with E-state index < -0.39 is 0 Å². The zero-order valence-electron chi connectivity index (χ0n) is 6.36. The summed E-state index contributed by atoms with van der Waals surface area (Å²) in [5, 5.41) is 1.48. The highest BCUT2D eigenvalue weighted by Gasteiger charge is 2.04. The van der Waals surface area contributed by atoms with Gasteiger partial charge >= 0.3 is 0 Å². The molecule has 0 aliphatic heterocycles. The fourth-order valence-corrected chi connectivity index (χ4v) is 1.71. The summed E-state index contributed by atoms with van der Waals surface area (Å²) in [4.78, 5) is 8.26. The molecule has 2 aromatic heterocycles. The van der Waals surface area contributed by atoms with Crippen LogP contribution in [-0.4, -0.2) is 20.6 Å². The molecule has 0 aromatic carbocycles. The van der Waals surface area contributed by atoms with Crippen LogP contribution < -0.4 is 0 Å². The summed E-state index contributed by atoms with van der Waals surface area (Å²) in [6.07, 6.45) is 7.15. The molecule has 0 aliphatic carbocycles. The van der Waals surface area contributed by atoms with Crippen LogP contribution in [0.2, 0.25) is 5.02 Å². The molecule has 0 unspecified atom stereocenters. The highest BCUT2D eigenvalue weighted by atomic mass is 35.5. The first-order chi connectivity index (χ1) is 5.83. The van der Waals surface area contributed by atoms with Crippen LogP contribution >= 0.6 is 23.4 Å². The van der Waals surface area contributed by atoms with Crippen molar-refractivity contribution >= 4 is 29.0 Å². The second-order valence-corrected chi connectivity index (χ2v) is 3.39. The van der Waals surface area contributed by atoms with Gasteiger partial charge in [-0.05, 0) is 6.26 Å². The SMILES string of the molecule is CSc1ncc(Cl)c2nccn12. The van der Waals surface area contributed by atoms with Crippen LogP contribution in [0.1, 0.15) is 0 Å². The highest BCUT2D eigenvalue weighted by molar-refractivity contribution is 7.98. The lowest BCUT2D eigenvalue weighted by molar-refractivity contribution is 0.906. The number of imidazole rings is 1. The number of hydrogen-bond acceptors (Lipinski definition) is 3. The van der Waals surface area contributed by atoms with Crippen molar-refractivity contribution in [1.29, 1.82) is 0 Å². The second kappa shape index (κ2) is 2.95. The fraction of sp³-hybridized carbons (Fsp3) is 0.143. The summed E-state index contributed by atoms with van der Waals surface area (Å²) in [5.74, 6) is 0. The summed E-state index contributed by atoms with van der Waals surface area (Å²) in [6.45, 7) is 0. The maximum atomic E-state index is 5.87. The predicted molar refractivity (Wildman–Crippen MR) is 49.8 cm³/mol. The first-order valence-corrected chi connectivity index (χ1v) is 4.95. The number of rotatable bonds is 1. The Bertz CT molecular complexity index is 412. The summed E-state index contributed by atoms with van der Waals surface area (Å²) < 4.78 is 1.87. The summed E-state index contributed by atoms with van der Waals surface area (Å²) in [5.41, 5.74) is 0.760. The molecule has 0 N–H and O–H groups in total. The molecule has 0 fully saturated rings. The van der Waals surface area contributed by atoms with Gasteiger partial charge in [-0.15, -0.1) is 0 Å². The Kier molecular flexibility index (Phi) is 1.94. The quantitative estimate of drug-likeness (QED) is 0.521. The van der Waals surface area contributed by atoms with Crippen molar-refractivity contribution in [1.82, 2.24) is 14.4 Å². The molecule has 5 heteroatoms. The van der Waals surface area contributed by atoms with E-state index in [1.54, 1.807) is 24.2 Å². The van der Waals surface area contributed by atoms with Crippen LogP contribution in [0, 0.1) is 0 Å². The third-order valence-electron chi connectivity index (χ3n) is 1.53. The van der Waals surface area contributed by atoms with Crippen molar-refractivity contribution in [2.24, 2.45) is 0 Å². The van der Waals surface area contributed by atoms with E-state index >= 15 is 0 Å². The van der Waals surface area contributed by atoms with E-state index in [0.29, 0.717) is 5.02 Å². The molecule has 2 aromatic rings. The predicted octanol–water partition coefficient (Wildman–Crippen LogP) is 2.10. The zero-order valence-corrected chi connectivity index (χ0v) is 7.93. The molecule has 2 rings (SSSR count). The van der Waals surface area contributed by atoms with Crippen molar-refractivity contribution in [2.45, 2.75) is 5.16 Å². The Labute approximate surface area is 78.8 Å². The monoisotopic (exact) mass is 199 g/mol. The maximum absolute atomic E-state index is 5.87. The minimum Gasteiger partial charge on any atom is -0.278 e. The van der Waals surface area contributed by atoms with E-state index in [2.05, 4.69) is 9.97 Å². The largest absolute Gasteiger partial charge is 0.278 e. The van der Waals surface area contributed by atoms with Crippen LogP contribution in [-0.2, 0) is 0 Å². The Balaban J connectivity index is 2.82. The van der Waals surface area contributed by atoms with E-state index in [9.17, 15) is 0 Å². The maximum Gasteiger partial charge on any atom is 0.173 e. The topological polar surface area (TPSA) is 30.2 Å². The molecule has 0 atom stereocenters. The van der Waals surface area contributed by atoms with Crippen molar-refractivity contribution in [3.05, 3.63) is 23.6 Å². The van der Waals surface area contributed by atoms with Crippen LogP contribution in [0.25, 0.3) is 5.65 Å². The zero-order chi connectivity index (χ0) is 8.55. The Hall–Kier alpha value is -0.740. The number of nitrogens with zero attached hydrogens (tertiary/aromatic N) is 3. The lowest BCUT2D eigenvalue weighted by atomic mass is 10.6. The van der Waals surface area contributed by atoms with Gasteiger partial charge in [0.15, 0.2) is 10.8 Å². The molecule has 3 nitrogen and oxygen atoms in total. The number of aromatic nitrogens is 3. The molecular weight excluding hydrogens is 194 g/mol. The molecule has 0 amide bonds. The van der Waals surface area contributed by atoms with Crippen molar-refractivity contribution < 1.29 is 0 Å². The number of fused-ring (bicyclic) bond motifs is 1. The average Bonchev–Trinajstić information content (AvgIpc) is 2.54. The number of thioether (sulfide) groups is 1. The number of hydrogen-bond donors (Lipinski definition) is 0. The van der Waals surface area contributed by atoms with Crippen LogP contribution in [0.5, 0.6) is 0 Å². The Morgan fingerprint density at radius 3 is 3.08 bits per heavy atom. The lowest BCUT2D eigenvalue weighted by Gasteiger charge is -2.00. The second-order valence-electron chi connectivity index (χ2n) is 2.21. The molecule has 0 bridgehead atoms. The summed E-state index contributed by atoms with van der Waals surface area (Å²) >= 11 is 7.44. The van der Waals surface area contributed by atoms with Crippen LogP contribution in [0.3, 0.4) is 0 Å².